The van der Waals surface area contributed by atoms with E-state index in [9.17, 15) is 13.2 Å². The molecule has 0 aliphatic carbocycles. The first-order valence-electron chi connectivity index (χ1n) is 7.66. The lowest BCUT2D eigenvalue weighted by molar-refractivity contribution is -0.137. The normalized spacial score (nSPS) is 19.4. The molecule has 0 spiro atoms. The maximum Gasteiger partial charge on any atom is 0.416 e. The van der Waals surface area contributed by atoms with Crippen LogP contribution in [0.25, 0.3) is 11.0 Å². The summed E-state index contributed by atoms with van der Waals surface area (Å²) < 4.78 is 40.4. The predicted molar refractivity (Wildman–Crippen MR) is 83.1 cm³/mol. The third-order valence-electron chi connectivity index (χ3n) is 4.32. The first-order valence-corrected chi connectivity index (χ1v) is 7.66. The van der Waals surface area contributed by atoms with E-state index in [2.05, 4.69) is 29.0 Å². The van der Waals surface area contributed by atoms with Crippen molar-refractivity contribution in [2.75, 3.05) is 19.6 Å². The lowest BCUT2D eigenvalue weighted by atomic mass is 10.0. The Balaban J connectivity index is 1.88. The van der Waals surface area contributed by atoms with Crippen LogP contribution in [-0.4, -0.2) is 39.6 Å². The summed E-state index contributed by atoms with van der Waals surface area (Å²) in [7, 11) is 1.85. The molecule has 23 heavy (non-hydrogen) atoms. The zero-order valence-electron chi connectivity index (χ0n) is 13.5. The van der Waals surface area contributed by atoms with E-state index in [0.29, 0.717) is 12.1 Å². The molecule has 0 bridgehead atoms. The van der Waals surface area contributed by atoms with Crippen LogP contribution in [0.3, 0.4) is 0 Å². The standard InChI is InChI=1S/C16H21F3N4/c1-15(2)10-23(7-6-20-15)9-14-21-12-8-11(16(17,18)19)4-5-13(12)22(14)3/h4-5,8,20H,6-7,9-10H2,1-3H3. The van der Waals surface area contributed by atoms with Crippen LogP contribution in [0.2, 0.25) is 0 Å². The number of aromatic nitrogens is 2. The predicted octanol–water partition coefficient (Wildman–Crippen LogP) is 2.78. The van der Waals surface area contributed by atoms with Gasteiger partial charge in [-0.1, -0.05) is 0 Å². The van der Waals surface area contributed by atoms with E-state index in [1.54, 1.807) is 0 Å². The number of benzene rings is 1. The average Bonchev–Trinajstić information content (AvgIpc) is 2.73. The SMILES string of the molecule is Cn1c(CN2CCNC(C)(C)C2)nc2cc(C(F)(F)F)ccc21. The number of nitrogens with zero attached hydrogens (tertiary/aromatic N) is 3. The van der Waals surface area contributed by atoms with Crippen LogP contribution in [0.15, 0.2) is 18.2 Å². The summed E-state index contributed by atoms with van der Waals surface area (Å²) in [5.41, 5.74) is 0.499. The fourth-order valence-electron chi connectivity index (χ4n) is 3.15. The Morgan fingerprint density at radius 3 is 2.70 bits per heavy atom. The quantitative estimate of drug-likeness (QED) is 0.921. The number of imidazole rings is 1. The summed E-state index contributed by atoms with van der Waals surface area (Å²) in [6, 6.07) is 3.73. The third-order valence-corrected chi connectivity index (χ3v) is 4.32. The summed E-state index contributed by atoms with van der Waals surface area (Å²) in [6.45, 7) is 7.60. The zero-order chi connectivity index (χ0) is 16.8. The van der Waals surface area contributed by atoms with Gasteiger partial charge in [-0.15, -0.1) is 0 Å². The van der Waals surface area contributed by atoms with E-state index in [1.807, 2.05) is 11.6 Å². The van der Waals surface area contributed by atoms with Crippen molar-refractivity contribution < 1.29 is 13.2 Å². The molecule has 0 radical (unpaired) electrons. The van der Waals surface area contributed by atoms with Crippen LogP contribution in [-0.2, 0) is 19.8 Å². The Hall–Kier alpha value is -1.60. The largest absolute Gasteiger partial charge is 0.416 e. The molecule has 3 rings (SSSR count). The Bertz CT molecular complexity index is 718. The number of fused-ring (bicyclic) bond motifs is 1. The molecule has 1 aromatic heterocycles. The molecule has 2 heterocycles. The molecule has 1 aromatic carbocycles. The van der Waals surface area contributed by atoms with Crippen molar-refractivity contribution in [1.82, 2.24) is 19.8 Å². The molecule has 1 saturated heterocycles. The highest BCUT2D eigenvalue weighted by molar-refractivity contribution is 5.77. The van der Waals surface area contributed by atoms with Crippen LogP contribution in [0, 0.1) is 0 Å². The van der Waals surface area contributed by atoms with E-state index >= 15 is 0 Å². The highest BCUT2D eigenvalue weighted by atomic mass is 19.4. The van der Waals surface area contributed by atoms with Gasteiger partial charge >= 0.3 is 6.18 Å². The van der Waals surface area contributed by atoms with Gasteiger partial charge in [0.2, 0.25) is 0 Å². The number of aryl methyl sites for hydroxylation is 1. The number of halogens is 3. The molecule has 0 atom stereocenters. The van der Waals surface area contributed by atoms with Crippen molar-refractivity contribution in [3.05, 3.63) is 29.6 Å². The monoisotopic (exact) mass is 326 g/mol. The molecule has 2 aromatic rings. The minimum atomic E-state index is -4.34. The Labute approximate surface area is 133 Å². The van der Waals surface area contributed by atoms with Crippen LogP contribution in [0.5, 0.6) is 0 Å². The van der Waals surface area contributed by atoms with Gasteiger partial charge in [0, 0.05) is 32.2 Å². The number of alkyl halides is 3. The van der Waals surface area contributed by atoms with Gasteiger partial charge in [-0.25, -0.2) is 4.98 Å². The molecule has 7 heteroatoms. The molecule has 0 amide bonds. The molecule has 1 aliphatic rings. The van der Waals surface area contributed by atoms with E-state index < -0.39 is 11.7 Å². The maximum absolute atomic E-state index is 12.8. The van der Waals surface area contributed by atoms with E-state index in [1.165, 1.54) is 6.07 Å². The number of rotatable bonds is 2. The molecule has 4 nitrogen and oxygen atoms in total. The fourth-order valence-corrected chi connectivity index (χ4v) is 3.15. The highest BCUT2D eigenvalue weighted by Crippen LogP contribution is 2.31. The molecule has 0 unspecified atom stereocenters. The summed E-state index contributed by atoms with van der Waals surface area (Å²) >= 11 is 0. The van der Waals surface area contributed by atoms with Crippen LogP contribution in [0.1, 0.15) is 25.2 Å². The van der Waals surface area contributed by atoms with Gasteiger partial charge in [0.25, 0.3) is 0 Å². The smallest absolute Gasteiger partial charge is 0.330 e. The van der Waals surface area contributed by atoms with Gasteiger partial charge in [-0.3, -0.25) is 4.90 Å². The fraction of sp³-hybridized carbons (Fsp3) is 0.562. The Morgan fingerprint density at radius 2 is 2.04 bits per heavy atom. The Morgan fingerprint density at radius 1 is 1.30 bits per heavy atom. The van der Waals surface area contributed by atoms with Crippen LogP contribution >= 0.6 is 0 Å². The van der Waals surface area contributed by atoms with Gasteiger partial charge in [0.05, 0.1) is 23.1 Å². The zero-order valence-corrected chi connectivity index (χ0v) is 13.5. The third kappa shape index (κ3) is 3.35. The molecule has 126 valence electrons. The number of nitrogens with one attached hydrogen (secondary N) is 1. The van der Waals surface area contributed by atoms with Crippen molar-refractivity contribution in [2.24, 2.45) is 7.05 Å². The lowest BCUT2D eigenvalue weighted by Gasteiger charge is -2.38. The van der Waals surface area contributed by atoms with Crippen LogP contribution in [0.4, 0.5) is 13.2 Å². The lowest BCUT2D eigenvalue weighted by Crippen LogP contribution is -2.56. The second-order valence-corrected chi connectivity index (χ2v) is 6.81. The molecule has 0 saturated carbocycles. The maximum atomic E-state index is 12.8. The molecular weight excluding hydrogens is 305 g/mol. The summed E-state index contributed by atoms with van der Waals surface area (Å²) in [4.78, 5) is 6.71. The van der Waals surface area contributed by atoms with Gasteiger partial charge in [0.1, 0.15) is 5.82 Å². The Kier molecular flexibility index (Phi) is 3.88. The minimum Gasteiger partial charge on any atom is -0.330 e. The highest BCUT2D eigenvalue weighted by Gasteiger charge is 2.31. The molecular formula is C16H21F3N4. The van der Waals surface area contributed by atoms with Gasteiger partial charge in [-0.2, -0.15) is 13.2 Å². The average molecular weight is 326 g/mol. The second-order valence-electron chi connectivity index (χ2n) is 6.81. The summed E-state index contributed by atoms with van der Waals surface area (Å²) in [5.74, 6) is 0.789. The minimum absolute atomic E-state index is 0.0340. The first-order chi connectivity index (χ1) is 10.7. The number of hydrogen-bond acceptors (Lipinski definition) is 3. The van der Waals surface area contributed by atoms with Gasteiger partial charge < -0.3 is 9.88 Å². The first kappa shape index (κ1) is 16.3. The van der Waals surface area contributed by atoms with Crippen molar-refractivity contribution >= 4 is 11.0 Å². The van der Waals surface area contributed by atoms with Crippen molar-refractivity contribution in [2.45, 2.75) is 32.1 Å². The van der Waals surface area contributed by atoms with E-state index in [0.717, 1.165) is 43.1 Å². The van der Waals surface area contributed by atoms with Crippen molar-refractivity contribution in [1.29, 1.82) is 0 Å². The molecule has 1 fully saturated rings. The topological polar surface area (TPSA) is 33.1 Å². The van der Waals surface area contributed by atoms with Crippen LogP contribution < -0.4 is 5.32 Å². The molecule has 1 aliphatic heterocycles. The summed E-state index contributed by atoms with van der Waals surface area (Å²) in [6.07, 6.45) is -4.34. The van der Waals surface area contributed by atoms with E-state index in [4.69, 9.17) is 0 Å². The van der Waals surface area contributed by atoms with Gasteiger partial charge in [-0.05, 0) is 32.0 Å². The number of piperazine rings is 1. The van der Waals surface area contributed by atoms with E-state index in [-0.39, 0.29) is 5.54 Å². The number of hydrogen-bond donors (Lipinski definition) is 1. The van der Waals surface area contributed by atoms with Gasteiger partial charge in [0.15, 0.2) is 0 Å². The van der Waals surface area contributed by atoms with Crippen molar-refractivity contribution in [3.63, 3.8) is 0 Å². The molecule has 1 N–H and O–H groups in total. The summed E-state index contributed by atoms with van der Waals surface area (Å²) in [5, 5.41) is 3.45. The second kappa shape index (κ2) is 5.49. The van der Waals surface area contributed by atoms with Crippen molar-refractivity contribution in [3.8, 4) is 0 Å².